The third kappa shape index (κ3) is 6.71. The molecule has 0 saturated carbocycles. The second-order valence-corrected chi connectivity index (χ2v) is 7.81. The lowest BCUT2D eigenvalue weighted by Gasteiger charge is -2.28. The monoisotopic (exact) mass is 402 g/mol. The van der Waals surface area contributed by atoms with Gasteiger partial charge in [0.05, 0.1) is 5.02 Å². The number of nitrogens with zero attached hydrogens (tertiary/aromatic N) is 1. The number of thiocarbonyl (C=S) groups is 1. The average Bonchev–Trinajstić information content (AvgIpc) is 2.39. The van der Waals surface area contributed by atoms with Gasteiger partial charge in [-0.2, -0.15) is 0 Å². The number of anilines is 1. The molecule has 0 radical (unpaired) electrons. The van der Waals surface area contributed by atoms with Gasteiger partial charge in [0.15, 0.2) is 5.11 Å². The van der Waals surface area contributed by atoms with Crippen molar-refractivity contribution < 1.29 is 4.79 Å². The molecule has 0 aliphatic heterocycles. The summed E-state index contributed by atoms with van der Waals surface area (Å²) < 4.78 is -1.79. The van der Waals surface area contributed by atoms with Crippen LogP contribution in [0.2, 0.25) is 5.02 Å². The van der Waals surface area contributed by atoms with E-state index in [2.05, 4.69) is 20.9 Å². The van der Waals surface area contributed by atoms with E-state index in [1.54, 1.807) is 26.0 Å². The molecule has 0 aliphatic rings. The maximum absolute atomic E-state index is 11.8. The fourth-order valence-corrected chi connectivity index (χ4v) is 1.90. The number of alkyl halides is 3. The Kier molecular flexibility index (Phi) is 7.41. The summed E-state index contributed by atoms with van der Waals surface area (Å²) in [6.07, 6.45) is 0.458. The Bertz CT molecular complexity index is 533. The Morgan fingerprint density at radius 1 is 1.27 bits per heavy atom. The highest BCUT2D eigenvalue weighted by atomic mass is 35.6. The lowest BCUT2D eigenvalue weighted by atomic mass is 10.2. The number of pyridine rings is 1. The van der Waals surface area contributed by atoms with Crippen molar-refractivity contribution in [2.24, 2.45) is 5.92 Å². The van der Waals surface area contributed by atoms with Crippen LogP contribution in [0.15, 0.2) is 18.3 Å². The Morgan fingerprint density at radius 3 is 2.36 bits per heavy atom. The first-order chi connectivity index (χ1) is 10.1. The second-order valence-electron chi connectivity index (χ2n) is 4.60. The van der Waals surface area contributed by atoms with Crippen LogP contribution in [0.25, 0.3) is 0 Å². The predicted molar refractivity (Wildman–Crippen MR) is 95.7 cm³/mol. The molecule has 1 amide bonds. The fraction of sp³-hybridized carbons (Fsp3) is 0.417. The van der Waals surface area contributed by atoms with Gasteiger partial charge in [-0.1, -0.05) is 60.3 Å². The average molecular weight is 404 g/mol. The molecule has 122 valence electrons. The highest BCUT2D eigenvalue weighted by molar-refractivity contribution is 7.80. The molecule has 1 rings (SSSR count). The molecule has 0 bridgehead atoms. The topological polar surface area (TPSA) is 66.1 Å². The van der Waals surface area contributed by atoms with Gasteiger partial charge in [0.2, 0.25) is 9.70 Å². The van der Waals surface area contributed by atoms with E-state index in [9.17, 15) is 4.79 Å². The number of halogens is 4. The summed E-state index contributed by atoms with van der Waals surface area (Å²) >= 11 is 28.4. The van der Waals surface area contributed by atoms with Gasteiger partial charge in [-0.3, -0.25) is 4.79 Å². The summed E-state index contributed by atoms with van der Waals surface area (Å²) in [7, 11) is 0. The minimum Gasteiger partial charge on any atom is -0.339 e. The zero-order chi connectivity index (χ0) is 16.9. The minimum atomic E-state index is -1.79. The molecule has 1 aromatic rings. The van der Waals surface area contributed by atoms with Crippen LogP contribution >= 0.6 is 58.6 Å². The van der Waals surface area contributed by atoms with Crippen LogP contribution in [0.3, 0.4) is 0 Å². The highest BCUT2D eigenvalue weighted by Crippen LogP contribution is 2.29. The zero-order valence-electron chi connectivity index (χ0n) is 11.7. The molecule has 0 unspecified atom stereocenters. The molecule has 1 heterocycles. The van der Waals surface area contributed by atoms with Crippen LogP contribution in [-0.4, -0.2) is 26.0 Å². The molecular weight excluding hydrogens is 390 g/mol. The van der Waals surface area contributed by atoms with E-state index in [-0.39, 0.29) is 16.9 Å². The molecule has 10 heteroatoms. The summed E-state index contributed by atoms with van der Waals surface area (Å²) in [4.78, 5) is 15.8. The summed E-state index contributed by atoms with van der Waals surface area (Å²) in [6.45, 7) is 3.44. The van der Waals surface area contributed by atoms with Gasteiger partial charge in [0.25, 0.3) is 0 Å². The van der Waals surface area contributed by atoms with Crippen molar-refractivity contribution in [1.29, 1.82) is 0 Å². The van der Waals surface area contributed by atoms with E-state index in [0.717, 1.165) is 0 Å². The SMILES string of the molecule is CC(C)C(=O)N[C@H](NC(=S)Nc1ccc(Cl)cn1)C(Cl)(Cl)Cl. The first kappa shape index (κ1) is 19.5. The van der Waals surface area contributed by atoms with Crippen molar-refractivity contribution in [3.8, 4) is 0 Å². The van der Waals surface area contributed by atoms with Crippen LogP contribution < -0.4 is 16.0 Å². The van der Waals surface area contributed by atoms with Crippen LogP contribution in [0.5, 0.6) is 0 Å². The lowest BCUT2D eigenvalue weighted by molar-refractivity contribution is -0.124. The van der Waals surface area contributed by atoms with Gasteiger partial charge in [-0.15, -0.1) is 0 Å². The maximum atomic E-state index is 11.8. The number of nitrogens with one attached hydrogen (secondary N) is 3. The second kappa shape index (κ2) is 8.36. The van der Waals surface area contributed by atoms with E-state index in [1.807, 2.05) is 0 Å². The molecule has 0 aromatic carbocycles. The Labute approximate surface area is 154 Å². The number of carbonyl (C=O) groups is 1. The molecule has 0 saturated heterocycles. The van der Waals surface area contributed by atoms with E-state index < -0.39 is 9.96 Å². The fourth-order valence-electron chi connectivity index (χ4n) is 1.24. The number of carbonyl (C=O) groups excluding carboxylic acids is 1. The van der Waals surface area contributed by atoms with Gasteiger partial charge in [-0.05, 0) is 24.4 Å². The third-order valence-electron chi connectivity index (χ3n) is 2.38. The molecule has 3 N–H and O–H groups in total. The van der Waals surface area contributed by atoms with Gasteiger partial charge >= 0.3 is 0 Å². The first-order valence-corrected chi connectivity index (χ1v) is 8.07. The number of aromatic nitrogens is 1. The number of rotatable bonds is 4. The lowest BCUT2D eigenvalue weighted by Crippen LogP contribution is -2.56. The largest absolute Gasteiger partial charge is 0.339 e. The molecule has 0 spiro atoms. The Hall–Kier alpha value is -0.530. The summed E-state index contributed by atoms with van der Waals surface area (Å²) in [5, 5.41) is 8.72. The molecule has 22 heavy (non-hydrogen) atoms. The number of amides is 1. The van der Waals surface area contributed by atoms with E-state index in [4.69, 9.17) is 58.6 Å². The van der Waals surface area contributed by atoms with Crippen LogP contribution in [0.4, 0.5) is 5.82 Å². The molecular formula is C12H14Cl4N4OS. The van der Waals surface area contributed by atoms with Crippen LogP contribution in [0.1, 0.15) is 13.8 Å². The van der Waals surface area contributed by atoms with E-state index in [1.165, 1.54) is 6.20 Å². The van der Waals surface area contributed by atoms with Crippen molar-refractivity contribution in [3.05, 3.63) is 23.4 Å². The molecule has 1 aromatic heterocycles. The number of hydrogen-bond acceptors (Lipinski definition) is 3. The van der Waals surface area contributed by atoms with Gasteiger partial charge < -0.3 is 16.0 Å². The van der Waals surface area contributed by atoms with Gasteiger partial charge in [0, 0.05) is 12.1 Å². The quantitative estimate of drug-likeness (QED) is 0.408. The maximum Gasteiger partial charge on any atom is 0.228 e. The number of hydrogen-bond donors (Lipinski definition) is 3. The standard InChI is InChI=1S/C12H14Cl4N4OS/c1-6(2)9(21)19-10(12(14,15)16)20-11(22)18-8-4-3-7(13)5-17-8/h3-6,10H,1-2H3,(H,19,21)(H2,17,18,20,22)/t10-/m1/s1. The van der Waals surface area contributed by atoms with Gasteiger partial charge in [0.1, 0.15) is 12.0 Å². The van der Waals surface area contributed by atoms with E-state index >= 15 is 0 Å². The van der Waals surface area contributed by atoms with Crippen molar-refractivity contribution in [3.63, 3.8) is 0 Å². The molecule has 5 nitrogen and oxygen atoms in total. The highest BCUT2D eigenvalue weighted by Gasteiger charge is 2.35. The predicted octanol–water partition coefficient (Wildman–Crippen LogP) is 3.49. The Morgan fingerprint density at radius 2 is 1.91 bits per heavy atom. The molecule has 0 fully saturated rings. The van der Waals surface area contributed by atoms with E-state index in [0.29, 0.717) is 10.8 Å². The summed E-state index contributed by atoms with van der Waals surface area (Å²) in [5.74, 6) is -0.0903. The van der Waals surface area contributed by atoms with Crippen molar-refractivity contribution in [2.75, 3.05) is 5.32 Å². The third-order valence-corrected chi connectivity index (χ3v) is 3.48. The first-order valence-electron chi connectivity index (χ1n) is 6.15. The van der Waals surface area contributed by atoms with Crippen LogP contribution in [0, 0.1) is 5.92 Å². The summed E-state index contributed by atoms with van der Waals surface area (Å²) in [5.41, 5.74) is 0. The summed E-state index contributed by atoms with van der Waals surface area (Å²) in [6, 6.07) is 3.28. The van der Waals surface area contributed by atoms with Crippen molar-refractivity contribution >= 4 is 75.5 Å². The molecule has 1 atom stereocenters. The molecule has 0 aliphatic carbocycles. The van der Waals surface area contributed by atoms with Crippen molar-refractivity contribution in [1.82, 2.24) is 15.6 Å². The Balaban J connectivity index is 2.70. The minimum absolute atomic E-state index is 0.134. The zero-order valence-corrected chi connectivity index (χ0v) is 15.5. The normalized spacial score (nSPS) is 12.7. The van der Waals surface area contributed by atoms with Crippen LogP contribution in [-0.2, 0) is 4.79 Å². The smallest absolute Gasteiger partial charge is 0.228 e. The van der Waals surface area contributed by atoms with Crippen molar-refractivity contribution in [2.45, 2.75) is 23.8 Å². The van der Waals surface area contributed by atoms with Gasteiger partial charge in [-0.25, -0.2) is 4.98 Å².